The van der Waals surface area contributed by atoms with E-state index in [4.69, 9.17) is 0 Å². The molecule has 3 nitrogen and oxygen atoms in total. The van der Waals surface area contributed by atoms with Crippen LogP contribution in [-0.2, 0) is 11.2 Å². The topological polar surface area (TPSA) is 40.5 Å². The first-order valence-corrected chi connectivity index (χ1v) is 7.37. The van der Waals surface area contributed by atoms with Gasteiger partial charge in [0.15, 0.2) is 0 Å². The van der Waals surface area contributed by atoms with Crippen LogP contribution in [0.15, 0.2) is 18.2 Å². The van der Waals surface area contributed by atoms with Crippen LogP contribution in [-0.4, -0.2) is 28.1 Å². The minimum atomic E-state index is -0.765. The van der Waals surface area contributed by atoms with E-state index in [0.717, 1.165) is 30.5 Å². The van der Waals surface area contributed by atoms with Crippen LogP contribution < -0.4 is 0 Å². The van der Waals surface area contributed by atoms with E-state index < -0.39 is 11.5 Å². The minimum Gasteiger partial charge on any atom is -0.480 e. The molecule has 1 aromatic carbocycles. The standard InChI is InChI=1S/C16H20FNO2/c1-2-16(15(19)20)9-4-10-18(16)14-8-7-11-12(14)5-3-6-13(11)17/h3,5-6,14H,2,4,7-10H2,1H3,(H,19,20). The molecule has 2 atom stereocenters. The molecule has 20 heavy (non-hydrogen) atoms. The smallest absolute Gasteiger partial charge is 0.324 e. The van der Waals surface area contributed by atoms with Crippen molar-refractivity contribution >= 4 is 5.97 Å². The maximum Gasteiger partial charge on any atom is 0.324 e. The second-order valence-electron chi connectivity index (χ2n) is 5.85. The molecule has 3 rings (SSSR count). The monoisotopic (exact) mass is 277 g/mol. The van der Waals surface area contributed by atoms with E-state index in [1.807, 2.05) is 13.0 Å². The molecule has 1 N–H and O–H groups in total. The normalized spacial score (nSPS) is 29.6. The van der Waals surface area contributed by atoms with E-state index >= 15 is 0 Å². The maximum atomic E-state index is 13.8. The lowest BCUT2D eigenvalue weighted by Gasteiger charge is -2.38. The lowest BCUT2D eigenvalue weighted by Crippen LogP contribution is -2.51. The van der Waals surface area contributed by atoms with Crippen molar-refractivity contribution in [3.63, 3.8) is 0 Å². The Labute approximate surface area is 118 Å². The number of carboxylic acids is 1. The van der Waals surface area contributed by atoms with Crippen LogP contribution in [0.5, 0.6) is 0 Å². The van der Waals surface area contributed by atoms with E-state index in [0.29, 0.717) is 19.3 Å². The van der Waals surface area contributed by atoms with E-state index in [2.05, 4.69) is 4.90 Å². The van der Waals surface area contributed by atoms with Crippen LogP contribution in [0, 0.1) is 5.82 Å². The van der Waals surface area contributed by atoms with Crippen molar-refractivity contribution in [2.75, 3.05) is 6.54 Å². The van der Waals surface area contributed by atoms with Crippen molar-refractivity contribution in [2.24, 2.45) is 0 Å². The van der Waals surface area contributed by atoms with Gasteiger partial charge in [-0.2, -0.15) is 0 Å². The molecule has 2 aliphatic rings. The molecule has 2 unspecified atom stereocenters. The third-order valence-corrected chi connectivity index (χ3v) is 5.08. The summed E-state index contributed by atoms with van der Waals surface area (Å²) in [7, 11) is 0. The summed E-state index contributed by atoms with van der Waals surface area (Å²) in [5.41, 5.74) is 1.00. The molecule has 0 spiro atoms. The fraction of sp³-hybridized carbons (Fsp3) is 0.562. The second-order valence-corrected chi connectivity index (χ2v) is 5.85. The SMILES string of the molecule is CCC1(C(=O)O)CCCN1C1CCc2c(F)cccc21. The number of halogens is 1. The molecule has 1 aromatic rings. The number of benzene rings is 1. The Morgan fingerprint density at radius 3 is 3.05 bits per heavy atom. The highest BCUT2D eigenvalue weighted by molar-refractivity contribution is 5.79. The van der Waals surface area contributed by atoms with Crippen molar-refractivity contribution in [2.45, 2.75) is 50.6 Å². The molecule has 1 fully saturated rings. The van der Waals surface area contributed by atoms with Crippen molar-refractivity contribution < 1.29 is 14.3 Å². The first-order valence-electron chi connectivity index (χ1n) is 7.37. The molecule has 0 aromatic heterocycles. The highest BCUT2D eigenvalue weighted by atomic mass is 19.1. The van der Waals surface area contributed by atoms with Gasteiger partial charge in [-0.15, -0.1) is 0 Å². The zero-order valence-electron chi connectivity index (χ0n) is 11.7. The number of aliphatic carboxylic acids is 1. The van der Waals surface area contributed by atoms with Gasteiger partial charge in [0.05, 0.1) is 0 Å². The van der Waals surface area contributed by atoms with Gasteiger partial charge in [-0.3, -0.25) is 9.69 Å². The third kappa shape index (κ3) is 1.78. The zero-order chi connectivity index (χ0) is 14.3. The minimum absolute atomic E-state index is 0.0549. The number of fused-ring (bicyclic) bond motifs is 1. The summed E-state index contributed by atoms with van der Waals surface area (Å²) < 4.78 is 13.8. The van der Waals surface area contributed by atoms with Gasteiger partial charge < -0.3 is 5.11 Å². The van der Waals surface area contributed by atoms with Crippen LogP contribution in [0.25, 0.3) is 0 Å². The first kappa shape index (κ1) is 13.6. The predicted molar refractivity (Wildman–Crippen MR) is 74.1 cm³/mol. The van der Waals surface area contributed by atoms with Gasteiger partial charge in [0, 0.05) is 6.04 Å². The molecule has 1 heterocycles. The quantitative estimate of drug-likeness (QED) is 0.922. The first-order chi connectivity index (χ1) is 9.60. The van der Waals surface area contributed by atoms with Crippen molar-refractivity contribution in [3.8, 4) is 0 Å². The molecular formula is C16H20FNO2. The number of carbonyl (C=O) groups is 1. The lowest BCUT2D eigenvalue weighted by atomic mass is 9.91. The van der Waals surface area contributed by atoms with E-state index in [-0.39, 0.29) is 11.9 Å². The number of hydrogen-bond donors (Lipinski definition) is 1. The zero-order valence-corrected chi connectivity index (χ0v) is 11.7. The Bertz CT molecular complexity index is 545. The average molecular weight is 277 g/mol. The van der Waals surface area contributed by atoms with Gasteiger partial charge in [-0.05, 0) is 55.8 Å². The van der Waals surface area contributed by atoms with Crippen molar-refractivity contribution in [3.05, 3.63) is 35.1 Å². The summed E-state index contributed by atoms with van der Waals surface area (Å²) in [6.07, 6.45) is 3.73. The van der Waals surface area contributed by atoms with Crippen LogP contribution in [0.2, 0.25) is 0 Å². The Morgan fingerprint density at radius 2 is 2.35 bits per heavy atom. The Hall–Kier alpha value is -1.42. The summed E-state index contributed by atoms with van der Waals surface area (Å²) in [5, 5.41) is 9.68. The van der Waals surface area contributed by atoms with Crippen LogP contribution in [0.4, 0.5) is 4.39 Å². The number of nitrogens with zero attached hydrogens (tertiary/aromatic N) is 1. The molecule has 4 heteroatoms. The molecular weight excluding hydrogens is 257 g/mol. The molecule has 1 aliphatic carbocycles. The summed E-state index contributed by atoms with van der Waals surface area (Å²) in [6.45, 7) is 2.73. The summed E-state index contributed by atoms with van der Waals surface area (Å²) >= 11 is 0. The van der Waals surface area contributed by atoms with E-state index in [1.165, 1.54) is 6.07 Å². The second kappa shape index (κ2) is 4.85. The Kier molecular flexibility index (Phi) is 3.28. The van der Waals surface area contributed by atoms with Gasteiger partial charge in [0.2, 0.25) is 0 Å². The van der Waals surface area contributed by atoms with E-state index in [1.54, 1.807) is 6.07 Å². The summed E-state index contributed by atoms with van der Waals surface area (Å²) in [4.78, 5) is 13.9. The maximum absolute atomic E-state index is 13.8. The van der Waals surface area contributed by atoms with Crippen LogP contribution in [0.1, 0.15) is 49.8 Å². The fourth-order valence-electron chi connectivity index (χ4n) is 4.03. The van der Waals surface area contributed by atoms with Gasteiger partial charge in [0.1, 0.15) is 11.4 Å². The Morgan fingerprint density at radius 1 is 1.55 bits per heavy atom. The fourth-order valence-corrected chi connectivity index (χ4v) is 4.03. The Balaban J connectivity index is 1.99. The van der Waals surface area contributed by atoms with Gasteiger partial charge in [-0.1, -0.05) is 19.1 Å². The molecule has 0 bridgehead atoms. The predicted octanol–water partition coefficient (Wildman–Crippen LogP) is 3.14. The number of hydrogen-bond acceptors (Lipinski definition) is 2. The van der Waals surface area contributed by atoms with E-state index in [9.17, 15) is 14.3 Å². The van der Waals surface area contributed by atoms with Gasteiger partial charge in [0.25, 0.3) is 0 Å². The molecule has 0 radical (unpaired) electrons. The average Bonchev–Trinajstić information content (AvgIpc) is 3.02. The lowest BCUT2D eigenvalue weighted by molar-refractivity contribution is -0.151. The highest BCUT2D eigenvalue weighted by Crippen LogP contribution is 2.45. The van der Waals surface area contributed by atoms with Gasteiger partial charge in [-0.25, -0.2) is 4.39 Å². The van der Waals surface area contributed by atoms with Gasteiger partial charge >= 0.3 is 5.97 Å². The number of carboxylic acid groups (broad SMARTS) is 1. The molecule has 1 saturated heterocycles. The summed E-state index contributed by atoms with van der Waals surface area (Å²) in [6, 6.07) is 5.24. The molecule has 0 saturated carbocycles. The van der Waals surface area contributed by atoms with Crippen LogP contribution >= 0.6 is 0 Å². The largest absolute Gasteiger partial charge is 0.480 e. The molecule has 108 valence electrons. The van der Waals surface area contributed by atoms with Crippen LogP contribution in [0.3, 0.4) is 0 Å². The number of rotatable bonds is 3. The molecule has 1 aliphatic heterocycles. The highest BCUT2D eigenvalue weighted by Gasteiger charge is 2.50. The third-order valence-electron chi connectivity index (χ3n) is 5.08. The van der Waals surface area contributed by atoms with Crippen molar-refractivity contribution in [1.29, 1.82) is 0 Å². The number of likely N-dealkylation sites (tertiary alicyclic amines) is 1. The summed E-state index contributed by atoms with van der Waals surface area (Å²) in [5.74, 6) is -0.885. The van der Waals surface area contributed by atoms with Crippen molar-refractivity contribution in [1.82, 2.24) is 4.90 Å². The molecule has 0 amide bonds.